The predicted octanol–water partition coefficient (Wildman–Crippen LogP) is 4.06. The number of para-hydroxylation sites is 2. The van der Waals surface area contributed by atoms with E-state index in [0.717, 1.165) is 32.2 Å². The summed E-state index contributed by atoms with van der Waals surface area (Å²) in [6, 6.07) is 14.4. The largest absolute Gasteiger partial charge is 0.497 e. The summed E-state index contributed by atoms with van der Waals surface area (Å²) in [6.45, 7) is 0. The molecule has 0 spiro atoms. The number of nitrogens with zero attached hydrogens (tertiary/aromatic N) is 2. The van der Waals surface area contributed by atoms with Gasteiger partial charge in [0.15, 0.2) is 5.16 Å². The van der Waals surface area contributed by atoms with Crippen LogP contribution in [0.1, 0.15) is 5.56 Å². The van der Waals surface area contributed by atoms with Gasteiger partial charge in [0.1, 0.15) is 11.4 Å². The molecule has 0 amide bonds. The van der Waals surface area contributed by atoms with Gasteiger partial charge >= 0.3 is 0 Å². The summed E-state index contributed by atoms with van der Waals surface area (Å²) in [5, 5.41) is 0.946. The number of hydrogen-bond acceptors (Lipinski definition) is 3. The van der Waals surface area contributed by atoms with E-state index < -0.39 is 0 Å². The maximum absolute atomic E-state index is 5.38. The maximum atomic E-state index is 5.38. The van der Waals surface area contributed by atoms with Gasteiger partial charge in [-0.1, -0.05) is 23.9 Å². The van der Waals surface area contributed by atoms with Crippen molar-refractivity contribution in [1.29, 1.82) is 0 Å². The Morgan fingerprint density at radius 3 is 2.61 bits per heavy atom. The zero-order valence-electron chi connectivity index (χ0n) is 14.0. The number of imidazole rings is 1. The molecule has 1 N–H and O–H groups in total. The summed E-state index contributed by atoms with van der Waals surface area (Å²) >= 11 is 1.72. The van der Waals surface area contributed by atoms with Gasteiger partial charge in [-0.2, -0.15) is 0 Å². The Balaban J connectivity index is 1.86. The Kier molecular flexibility index (Phi) is 4.33. The Morgan fingerprint density at radius 1 is 1.13 bits per heavy atom. The van der Waals surface area contributed by atoms with Gasteiger partial charge in [-0.15, -0.1) is 0 Å². The molecule has 0 unspecified atom stereocenters. The third-order valence-corrected chi connectivity index (χ3v) is 4.66. The van der Waals surface area contributed by atoms with Crippen molar-refractivity contribution < 1.29 is 4.74 Å². The first-order chi connectivity index (χ1) is 11.0. The number of hydrogen-bond donors (Lipinski definition) is 1. The lowest BCUT2D eigenvalue weighted by molar-refractivity contribution is 0.413. The van der Waals surface area contributed by atoms with E-state index in [9.17, 15) is 0 Å². The van der Waals surface area contributed by atoms with Crippen LogP contribution in [0.3, 0.4) is 0 Å². The van der Waals surface area contributed by atoms with Crippen LogP contribution >= 0.6 is 11.8 Å². The van der Waals surface area contributed by atoms with Crippen molar-refractivity contribution >= 4 is 28.5 Å². The summed E-state index contributed by atoms with van der Waals surface area (Å²) in [4.78, 5) is 8.00. The van der Waals surface area contributed by atoms with Crippen molar-refractivity contribution in [2.45, 2.75) is 10.9 Å². The van der Waals surface area contributed by atoms with Gasteiger partial charge in [0.25, 0.3) is 0 Å². The highest BCUT2D eigenvalue weighted by atomic mass is 32.2. The highest BCUT2D eigenvalue weighted by molar-refractivity contribution is 7.98. The predicted molar refractivity (Wildman–Crippen MR) is 98.2 cm³/mol. The normalized spacial score (nSPS) is 11.8. The van der Waals surface area contributed by atoms with Crippen molar-refractivity contribution in [3.8, 4) is 5.75 Å². The van der Waals surface area contributed by atoms with Gasteiger partial charge < -0.3 is 9.72 Å². The molecule has 1 heterocycles. The molecule has 5 heteroatoms. The van der Waals surface area contributed by atoms with Crippen LogP contribution in [0.15, 0.2) is 47.6 Å². The number of nitrogens with one attached hydrogen (secondary N) is 1. The number of rotatable bonds is 5. The van der Waals surface area contributed by atoms with E-state index in [0.29, 0.717) is 0 Å². The lowest BCUT2D eigenvalue weighted by Gasteiger charge is -2.26. The Labute approximate surface area is 141 Å². The number of thioether (sulfide) groups is 1. The van der Waals surface area contributed by atoms with Gasteiger partial charge in [0.05, 0.1) is 39.3 Å². The number of benzene rings is 2. The Morgan fingerprint density at radius 2 is 1.91 bits per heavy atom. The Bertz CT molecular complexity index is 787. The first kappa shape index (κ1) is 15.9. The SMILES string of the molecule is COc1ccc([N+](C)(C)C)c(CSc2nc3ccccc3[nH]2)c1. The fourth-order valence-electron chi connectivity index (χ4n) is 2.60. The number of quaternary nitrogens is 1. The molecule has 0 saturated carbocycles. The van der Waals surface area contributed by atoms with Gasteiger partial charge in [-0.3, -0.25) is 4.48 Å². The van der Waals surface area contributed by atoms with Gasteiger partial charge in [-0.25, -0.2) is 4.98 Å². The van der Waals surface area contributed by atoms with Crippen LogP contribution in [-0.4, -0.2) is 38.2 Å². The molecule has 0 bridgehead atoms. The molecule has 0 saturated heterocycles. The van der Waals surface area contributed by atoms with Crippen molar-refractivity contribution in [3.05, 3.63) is 48.0 Å². The number of aromatic nitrogens is 2. The highest BCUT2D eigenvalue weighted by Gasteiger charge is 2.18. The van der Waals surface area contributed by atoms with Crippen LogP contribution < -0.4 is 9.22 Å². The quantitative estimate of drug-likeness (QED) is 0.567. The summed E-state index contributed by atoms with van der Waals surface area (Å²) in [5.74, 6) is 1.74. The van der Waals surface area contributed by atoms with Crippen molar-refractivity contribution in [1.82, 2.24) is 14.5 Å². The molecule has 4 nitrogen and oxygen atoms in total. The molecule has 120 valence electrons. The number of ether oxygens (including phenoxy) is 1. The molecule has 0 atom stereocenters. The zero-order chi connectivity index (χ0) is 16.4. The first-order valence-electron chi connectivity index (χ1n) is 7.54. The standard InChI is InChI=1S/C18H22N3OS/c1-21(2,3)17-10-9-14(22-4)11-13(17)12-23-18-19-15-7-5-6-8-16(15)20-18/h5-11H,12H2,1-4H3,(H,19,20)/q+1. The van der Waals surface area contributed by atoms with E-state index in [-0.39, 0.29) is 0 Å². The summed E-state index contributed by atoms with van der Waals surface area (Å²) in [5.41, 5.74) is 4.64. The first-order valence-corrected chi connectivity index (χ1v) is 8.52. The minimum absolute atomic E-state index is 0.778. The highest BCUT2D eigenvalue weighted by Crippen LogP contribution is 2.32. The lowest BCUT2D eigenvalue weighted by Crippen LogP contribution is -2.35. The summed E-state index contributed by atoms with van der Waals surface area (Å²) < 4.78 is 6.16. The minimum Gasteiger partial charge on any atom is -0.497 e. The minimum atomic E-state index is 0.778. The van der Waals surface area contributed by atoms with Crippen LogP contribution in [0.25, 0.3) is 11.0 Å². The average molecular weight is 328 g/mol. The van der Waals surface area contributed by atoms with E-state index in [1.54, 1.807) is 18.9 Å². The molecule has 23 heavy (non-hydrogen) atoms. The maximum Gasteiger partial charge on any atom is 0.166 e. The van der Waals surface area contributed by atoms with Crippen LogP contribution in [-0.2, 0) is 5.75 Å². The molecule has 3 aromatic rings. The summed E-state index contributed by atoms with van der Waals surface area (Å²) in [6.07, 6.45) is 0. The fourth-order valence-corrected chi connectivity index (χ4v) is 3.47. The third-order valence-electron chi connectivity index (χ3n) is 3.74. The van der Waals surface area contributed by atoms with Crippen LogP contribution in [0.2, 0.25) is 0 Å². The van der Waals surface area contributed by atoms with Crippen molar-refractivity contribution in [2.75, 3.05) is 28.3 Å². The molecular formula is C18H22N3OS+. The van der Waals surface area contributed by atoms with Crippen molar-refractivity contribution in [2.24, 2.45) is 0 Å². The molecule has 2 aromatic carbocycles. The topological polar surface area (TPSA) is 37.9 Å². The number of aromatic amines is 1. The van der Waals surface area contributed by atoms with E-state index in [1.165, 1.54) is 11.3 Å². The number of methoxy groups -OCH3 is 1. The van der Waals surface area contributed by atoms with Crippen LogP contribution in [0.4, 0.5) is 5.69 Å². The molecule has 3 rings (SSSR count). The molecule has 0 radical (unpaired) electrons. The molecule has 0 aliphatic heterocycles. The van der Waals surface area contributed by atoms with Gasteiger partial charge in [0, 0.05) is 17.4 Å². The number of fused-ring (bicyclic) bond motifs is 1. The van der Waals surface area contributed by atoms with Crippen LogP contribution in [0, 0.1) is 0 Å². The second kappa shape index (κ2) is 6.26. The average Bonchev–Trinajstić information content (AvgIpc) is 2.94. The number of H-pyrrole nitrogens is 1. The van der Waals surface area contributed by atoms with E-state index in [2.05, 4.69) is 49.3 Å². The molecule has 0 aliphatic carbocycles. The van der Waals surface area contributed by atoms with E-state index >= 15 is 0 Å². The van der Waals surface area contributed by atoms with Crippen LogP contribution in [0.5, 0.6) is 5.75 Å². The monoisotopic (exact) mass is 328 g/mol. The van der Waals surface area contributed by atoms with E-state index in [4.69, 9.17) is 4.74 Å². The van der Waals surface area contributed by atoms with Crippen molar-refractivity contribution in [3.63, 3.8) is 0 Å². The smallest absolute Gasteiger partial charge is 0.166 e. The van der Waals surface area contributed by atoms with E-state index in [1.807, 2.05) is 24.3 Å². The third kappa shape index (κ3) is 3.51. The second-order valence-electron chi connectivity index (χ2n) is 6.35. The Hall–Kier alpha value is -1.98. The zero-order valence-corrected chi connectivity index (χ0v) is 14.8. The molecule has 1 aromatic heterocycles. The molecule has 0 aliphatic rings. The fraction of sp³-hybridized carbons (Fsp3) is 0.278. The van der Waals surface area contributed by atoms with Gasteiger partial charge in [0.2, 0.25) is 0 Å². The van der Waals surface area contributed by atoms with Gasteiger partial charge in [-0.05, 0) is 24.3 Å². The second-order valence-corrected chi connectivity index (χ2v) is 7.32. The summed E-state index contributed by atoms with van der Waals surface area (Å²) in [7, 11) is 8.24. The molecule has 0 fully saturated rings. The molecular weight excluding hydrogens is 306 g/mol. The lowest BCUT2D eigenvalue weighted by atomic mass is 10.1.